The van der Waals surface area contributed by atoms with E-state index in [0.717, 1.165) is 22.0 Å². The van der Waals surface area contributed by atoms with E-state index < -0.39 is 0 Å². The quantitative estimate of drug-likeness (QED) is 0.802. The maximum absolute atomic E-state index is 12.0. The second-order valence-corrected chi connectivity index (χ2v) is 5.15. The SMILES string of the molecule is COc1ccccc1NCC(=O)Nc1ccccc1SC. The van der Waals surface area contributed by atoms with Crippen molar-refractivity contribution in [3.8, 4) is 5.75 Å². The first-order valence-electron chi connectivity index (χ1n) is 6.54. The second kappa shape index (κ2) is 7.59. The van der Waals surface area contributed by atoms with E-state index in [1.165, 1.54) is 0 Å². The zero-order valence-corrected chi connectivity index (χ0v) is 12.9. The molecule has 0 fully saturated rings. The summed E-state index contributed by atoms with van der Waals surface area (Å²) in [5, 5.41) is 5.98. The number of anilines is 2. The summed E-state index contributed by atoms with van der Waals surface area (Å²) in [6.45, 7) is 0.184. The van der Waals surface area contributed by atoms with Crippen molar-refractivity contribution in [1.82, 2.24) is 0 Å². The Morgan fingerprint density at radius 3 is 2.48 bits per heavy atom. The first-order chi connectivity index (χ1) is 10.2. The number of methoxy groups -OCH3 is 1. The molecule has 0 aromatic heterocycles. The van der Waals surface area contributed by atoms with Crippen LogP contribution in [-0.4, -0.2) is 25.8 Å². The van der Waals surface area contributed by atoms with Crippen LogP contribution in [-0.2, 0) is 4.79 Å². The van der Waals surface area contributed by atoms with Crippen molar-refractivity contribution in [2.75, 3.05) is 30.5 Å². The summed E-state index contributed by atoms with van der Waals surface area (Å²) < 4.78 is 5.23. The summed E-state index contributed by atoms with van der Waals surface area (Å²) in [4.78, 5) is 13.1. The van der Waals surface area contributed by atoms with E-state index in [4.69, 9.17) is 4.74 Å². The molecule has 0 radical (unpaired) electrons. The molecule has 2 aromatic carbocycles. The number of carbonyl (C=O) groups excluding carboxylic acids is 1. The van der Waals surface area contributed by atoms with Gasteiger partial charge < -0.3 is 15.4 Å². The highest BCUT2D eigenvalue weighted by atomic mass is 32.2. The number of thioether (sulfide) groups is 1. The number of nitrogens with one attached hydrogen (secondary N) is 2. The molecule has 1 amide bonds. The second-order valence-electron chi connectivity index (χ2n) is 4.30. The van der Waals surface area contributed by atoms with Crippen molar-refractivity contribution < 1.29 is 9.53 Å². The number of amides is 1. The predicted octanol–water partition coefficient (Wildman–Crippen LogP) is 3.47. The molecule has 4 nitrogen and oxygen atoms in total. The van der Waals surface area contributed by atoms with Crippen LogP contribution in [0.3, 0.4) is 0 Å². The molecule has 2 rings (SSSR count). The molecule has 0 saturated carbocycles. The van der Waals surface area contributed by atoms with Gasteiger partial charge in [0, 0.05) is 4.90 Å². The van der Waals surface area contributed by atoms with Gasteiger partial charge in [-0.25, -0.2) is 0 Å². The number of carbonyl (C=O) groups is 1. The number of ether oxygens (including phenoxy) is 1. The molecule has 0 aliphatic rings. The fraction of sp³-hybridized carbons (Fsp3) is 0.188. The average Bonchev–Trinajstić information content (AvgIpc) is 2.53. The molecule has 0 aliphatic carbocycles. The molecule has 0 spiro atoms. The van der Waals surface area contributed by atoms with Gasteiger partial charge in [0.15, 0.2) is 0 Å². The van der Waals surface area contributed by atoms with E-state index in [0.29, 0.717) is 0 Å². The number of benzene rings is 2. The van der Waals surface area contributed by atoms with Gasteiger partial charge in [-0.3, -0.25) is 4.79 Å². The van der Waals surface area contributed by atoms with Gasteiger partial charge in [-0.05, 0) is 30.5 Å². The fourth-order valence-electron chi connectivity index (χ4n) is 1.91. The van der Waals surface area contributed by atoms with Gasteiger partial charge in [0.1, 0.15) is 5.75 Å². The summed E-state index contributed by atoms with van der Waals surface area (Å²) in [6, 6.07) is 15.2. The molecule has 0 unspecified atom stereocenters. The third-order valence-electron chi connectivity index (χ3n) is 2.93. The maximum atomic E-state index is 12.0. The third kappa shape index (κ3) is 4.16. The van der Waals surface area contributed by atoms with E-state index in [1.807, 2.05) is 54.8 Å². The summed E-state index contributed by atoms with van der Waals surface area (Å²) in [7, 11) is 1.61. The molecule has 0 heterocycles. The van der Waals surface area contributed by atoms with Gasteiger partial charge >= 0.3 is 0 Å². The van der Waals surface area contributed by atoms with Crippen LogP contribution in [0, 0.1) is 0 Å². The number of hydrogen-bond acceptors (Lipinski definition) is 4. The summed E-state index contributed by atoms with van der Waals surface area (Å²) in [6.07, 6.45) is 1.98. The molecule has 0 bridgehead atoms. The monoisotopic (exact) mass is 302 g/mol. The minimum absolute atomic E-state index is 0.0950. The largest absolute Gasteiger partial charge is 0.495 e. The van der Waals surface area contributed by atoms with Gasteiger partial charge in [0.25, 0.3) is 0 Å². The highest BCUT2D eigenvalue weighted by molar-refractivity contribution is 7.98. The lowest BCUT2D eigenvalue weighted by Gasteiger charge is -2.12. The predicted molar refractivity (Wildman–Crippen MR) is 88.3 cm³/mol. The summed E-state index contributed by atoms with van der Waals surface area (Å²) in [5.41, 5.74) is 1.63. The van der Waals surface area contributed by atoms with E-state index in [1.54, 1.807) is 18.9 Å². The molecule has 0 saturated heterocycles. The highest BCUT2D eigenvalue weighted by Gasteiger charge is 2.07. The topological polar surface area (TPSA) is 50.4 Å². The van der Waals surface area contributed by atoms with Crippen LogP contribution in [0.1, 0.15) is 0 Å². The lowest BCUT2D eigenvalue weighted by molar-refractivity contribution is -0.114. The Balaban J connectivity index is 1.96. The van der Waals surface area contributed by atoms with Crippen LogP contribution in [0.25, 0.3) is 0 Å². The number of para-hydroxylation sites is 3. The van der Waals surface area contributed by atoms with Crippen molar-refractivity contribution >= 4 is 29.0 Å². The third-order valence-corrected chi connectivity index (χ3v) is 3.72. The lowest BCUT2D eigenvalue weighted by Crippen LogP contribution is -2.22. The molecular formula is C16H18N2O2S. The Kier molecular flexibility index (Phi) is 5.51. The minimum Gasteiger partial charge on any atom is -0.495 e. The lowest BCUT2D eigenvalue weighted by atomic mass is 10.3. The number of hydrogen-bond donors (Lipinski definition) is 2. The minimum atomic E-state index is -0.0950. The van der Waals surface area contributed by atoms with Crippen LogP contribution in [0.5, 0.6) is 5.75 Å². The van der Waals surface area contributed by atoms with Gasteiger partial charge in [-0.2, -0.15) is 0 Å². The molecule has 2 aromatic rings. The van der Waals surface area contributed by atoms with Gasteiger partial charge in [-0.15, -0.1) is 11.8 Å². The highest BCUT2D eigenvalue weighted by Crippen LogP contribution is 2.25. The first-order valence-corrected chi connectivity index (χ1v) is 7.77. The Hall–Kier alpha value is -2.14. The summed E-state index contributed by atoms with van der Waals surface area (Å²) in [5.74, 6) is 0.622. The smallest absolute Gasteiger partial charge is 0.243 e. The van der Waals surface area contributed by atoms with E-state index in [9.17, 15) is 4.79 Å². The van der Waals surface area contributed by atoms with Crippen molar-refractivity contribution in [3.63, 3.8) is 0 Å². The molecule has 0 atom stereocenters. The van der Waals surface area contributed by atoms with Crippen molar-refractivity contribution in [2.45, 2.75) is 4.90 Å². The molecule has 110 valence electrons. The Morgan fingerprint density at radius 1 is 1.10 bits per heavy atom. The van der Waals surface area contributed by atoms with Crippen LogP contribution in [0.2, 0.25) is 0 Å². The Labute approximate surface area is 128 Å². The molecule has 0 aliphatic heterocycles. The first kappa shape index (κ1) is 15.3. The molecule has 2 N–H and O–H groups in total. The van der Waals surface area contributed by atoms with E-state index in [-0.39, 0.29) is 12.5 Å². The van der Waals surface area contributed by atoms with Crippen LogP contribution >= 0.6 is 11.8 Å². The zero-order chi connectivity index (χ0) is 15.1. The van der Waals surface area contributed by atoms with E-state index >= 15 is 0 Å². The van der Waals surface area contributed by atoms with Crippen LogP contribution in [0.15, 0.2) is 53.4 Å². The van der Waals surface area contributed by atoms with Gasteiger partial charge in [-0.1, -0.05) is 24.3 Å². The summed E-state index contributed by atoms with van der Waals surface area (Å²) >= 11 is 1.60. The van der Waals surface area contributed by atoms with Crippen LogP contribution in [0.4, 0.5) is 11.4 Å². The average molecular weight is 302 g/mol. The standard InChI is InChI=1S/C16H18N2O2S/c1-20-14-9-5-3-7-12(14)17-11-16(19)18-13-8-4-6-10-15(13)21-2/h3-10,17H,11H2,1-2H3,(H,18,19). The van der Waals surface area contributed by atoms with E-state index in [2.05, 4.69) is 10.6 Å². The Morgan fingerprint density at radius 2 is 1.76 bits per heavy atom. The van der Waals surface area contributed by atoms with Gasteiger partial charge in [0.2, 0.25) is 5.91 Å². The Bertz CT molecular complexity index is 617. The normalized spacial score (nSPS) is 10.0. The molecule has 5 heteroatoms. The van der Waals surface area contributed by atoms with Gasteiger partial charge in [0.05, 0.1) is 25.0 Å². The van der Waals surface area contributed by atoms with Crippen molar-refractivity contribution in [1.29, 1.82) is 0 Å². The van der Waals surface area contributed by atoms with Crippen molar-refractivity contribution in [2.24, 2.45) is 0 Å². The number of rotatable bonds is 6. The molecular weight excluding hydrogens is 284 g/mol. The maximum Gasteiger partial charge on any atom is 0.243 e. The fourth-order valence-corrected chi connectivity index (χ4v) is 2.46. The van der Waals surface area contributed by atoms with Crippen LogP contribution < -0.4 is 15.4 Å². The zero-order valence-electron chi connectivity index (χ0n) is 12.1. The van der Waals surface area contributed by atoms with Crippen molar-refractivity contribution in [3.05, 3.63) is 48.5 Å². The molecule has 21 heavy (non-hydrogen) atoms.